The van der Waals surface area contributed by atoms with Crippen LogP contribution in [0.1, 0.15) is 38.6 Å². The fraction of sp³-hybridized carbons (Fsp3) is 0.800. The molecule has 2 unspecified atom stereocenters. The highest BCUT2D eigenvalue weighted by molar-refractivity contribution is 4.83. The smallest absolute Gasteiger partial charge is 0.137 e. The Hall–Kier alpha value is -0.900. The van der Waals surface area contributed by atoms with E-state index in [9.17, 15) is 0 Å². The van der Waals surface area contributed by atoms with Gasteiger partial charge < -0.3 is 5.32 Å². The van der Waals surface area contributed by atoms with E-state index in [4.69, 9.17) is 0 Å². The summed E-state index contributed by atoms with van der Waals surface area (Å²) in [5, 5.41) is 7.75. The maximum atomic E-state index is 4.19. The lowest BCUT2D eigenvalue weighted by atomic mass is 10.2. The van der Waals surface area contributed by atoms with E-state index in [-0.39, 0.29) is 0 Å². The molecule has 78 valence electrons. The maximum absolute atomic E-state index is 4.19. The molecule has 0 amide bonds. The van der Waals surface area contributed by atoms with Gasteiger partial charge in [0.2, 0.25) is 0 Å². The maximum Gasteiger partial charge on any atom is 0.137 e. The first-order chi connectivity index (χ1) is 6.90. The molecule has 2 rings (SSSR count). The van der Waals surface area contributed by atoms with Crippen LogP contribution in [0.25, 0.3) is 0 Å². The van der Waals surface area contributed by atoms with Crippen LogP contribution in [0, 0.1) is 0 Å². The number of rotatable bonds is 4. The molecule has 1 fully saturated rings. The normalized spacial score (nSPS) is 26.9. The number of hydrogen-bond donors (Lipinski definition) is 1. The number of aromatic nitrogens is 3. The molecule has 1 heterocycles. The predicted molar refractivity (Wildman–Crippen MR) is 55.0 cm³/mol. The Morgan fingerprint density at radius 3 is 3.14 bits per heavy atom. The summed E-state index contributed by atoms with van der Waals surface area (Å²) in [6.07, 6.45) is 8.35. The second-order valence-corrected chi connectivity index (χ2v) is 3.99. The van der Waals surface area contributed by atoms with Crippen LogP contribution in [0.2, 0.25) is 0 Å². The van der Waals surface area contributed by atoms with Gasteiger partial charge in [0.1, 0.15) is 12.7 Å². The minimum atomic E-state index is 0.562. The van der Waals surface area contributed by atoms with Crippen molar-refractivity contribution in [1.29, 1.82) is 0 Å². The third kappa shape index (κ3) is 2.12. The molecule has 4 nitrogen and oxygen atoms in total. The fourth-order valence-electron chi connectivity index (χ4n) is 2.14. The summed E-state index contributed by atoms with van der Waals surface area (Å²) >= 11 is 0. The largest absolute Gasteiger partial charge is 0.314 e. The highest BCUT2D eigenvalue weighted by atomic mass is 15.3. The molecule has 0 aromatic carbocycles. The van der Waals surface area contributed by atoms with Gasteiger partial charge in [0.15, 0.2) is 0 Å². The van der Waals surface area contributed by atoms with Crippen molar-refractivity contribution < 1.29 is 0 Å². The van der Waals surface area contributed by atoms with Gasteiger partial charge in [-0.05, 0) is 32.2 Å². The number of nitrogens with one attached hydrogen (secondary N) is 1. The fourth-order valence-corrected chi connectivity index (χ4v) is 2.14. The van der Waals surface area contributed by atoms with Crippen LogP contribution in [-0.4, -0.2) is 27.4 Å². The van der Waals surface area contributed by atoms with Crippen molar-refractivity contribution in [2.75, 3.05) is 6.54 Å². The molecular weight excluding hydrogens is 176 g/mol. The van der Waals surface area contributed by atoms with Gasteiger partial charge in [0.05, 0.1) is 6.04 Å². The Bertz CT molecular complexity index is 257. The molecule has 1 aromatic heterocycles. The average Bonchev–Trinajstić information content (AvgIpc) is 2.85. The van der Waals surface area contributed by atoms with Crippen molar-refractivity contribution in [3.63, 3.8) is 0 Å². The van der Waals surface area contributed by atoms with Crippen LogP contribution < -0.4 is 5.32 Å². The van der Waals surface area contributed by atoms with Crippen molar-refractivity contribution in [1.82, 2.24) is 20.1 Å². The van der Waals surface area contributed by atoms with Gasteiger partial charge in [-0.3, -0.25) is 0 Å². The molecule has 14 heavy (non-hydrogen) atoms. The zero-order chi connectivity index (χ0) is 9.80. The van der Waals surface area contributed by atoms with E-state index in [2.05, 4.69) is 22.3 Å². The molecule has 1 saturated carbocycles. The molecular formula is C10H18N4. The van der Waals surface area contributed by atoms with Crippen molar-refractivity contribution in [2.45, 2.75) is 44.7 Å². The summed E-state index contributed by atoms with van der Waals surface area (Å²) in [6.45, 7) is 3.34. The number of hydrogen-bond acceptors (Lipinski definition) is 3. The Morgan fingerprint density at radius 1 is 1.50 bits per heavy atom. The summed E-state index contributed by atoms with van der Waals surface area (Å²) in [7, 11) is 0. The third-order valence-corrected chi connectivity index (χ3v) is 2.90. The van der Waals surface area contributed by atoms with E-state index in [1.807, 2.05) is 11.0 Å². The van der Waals surface area contributed by atoms with Crippen LogP contribution in [0.3, 0.4) is 0 Å². The molecule has 4 heteroatoms. The van der Waals surface area contributed by atoms with E-state index in [0.29, 0.717) is 12.1 Å². The van der Waals surface area contributed by atoms with Crippen molar-refractivity contribution in [3.8, 4) is 0 Å². The van der Waals surface area contributed by atoms with Gasteiger partial charge in [-0.1, -0.05) is 6.92 Å². The first kappa shape index (κ1) is 9.65. The van der Waals surface area contributed by atoms with Crippen LogP contribution in [0.15, 0.2) is 12.7 Å². The monoisotopic (exact) mass is 194 g/mol. The van der Waals surface area contributed by atoms with E-state index in [1.165, 1.54) is 25.7 Å². The zero-order valence-electron chi connectivity index (χ0n) is 8.69. The molecule has 1 aliphatic rings. The van der Waals surface area contributed by atoms with Gasteiger partial charge in [-0.15, -0.1) is 0 Å². The van der Waals surface area contributed by atoms with Gasteiger partial charge in [0.25, 0.3) is 0 Å². The average molecular weight is 194 g/mol. The quantitative estimate of drug-likeness (QED) is 0.787. The lowest BCUT2D eigenvalue weighted by Gasteiger charge is -2.12. The predicted octanol–water partition coefficient (Wildman–Crippen LogP) is 1.37. The topological polar surface area (TPSA) is 42.7 Å². The highest BCUT2D eigenvalue weighted by Crippen LogP contribution is 2.28. The SMILES string of the molecule is CCCNC1CCC(n2cncn2)C1. The van der Waals surface area contributed by atoms with Crippen LogP contribution in [0.4, 0.5) is 0 Å². The molecule has 2 atom stereocenters. The van der Waals surface area contributed by atoms with Gasteiger partial charge in [-0.25, -0.2) is 9.67 Å². The van der Waals surface area contributed by atoms with E-state index >= 15 is 0 Å². The van der Waals surface area contributed by atoms with E-state index in [0.717, 1.165) is 6.54 Å². The standard InChI is InChI=1S/C10H18N4/c1-2-5-12-9-3-4-10(6-9)14-8-11-7-13-14/h7-10,12H,2-6H2,1H3. The molecule has 1 aliphatic carbocycles. The molecule has 0 bridgehead atoms. The first-order valence-electron chi connectivity index (χ1n) is 5.47. The van der Waals surface area contributed by atoms with Gasteiger partial charge >= 0.3 is 0 Å². The van der Waals surface area contributed by atoms with Gasteiger partial charge in [0, 0.05) is 6.04 Å². The van der Waals surface area contributed by atoms with Crippen LogP contribution in [-0.2, 0) is 0 Å². The molecule has 0 aliphatic heterocycles. The van der Waals surface area contributed by atoms with Gasteiger partial charge in [-0.2, -0.15) is 5.10 Å². The minimum absolute atomic E-state index is 0.562. The zero-order valence-corrected chi connectivity index (χ0v) is 8.69. The lowest BCUT2D eigenvalue weighted by Crippen LogP contribution is -2.27. The molecule has 1 aromatic rings. The van der Waals surface area contributed by atoms with Crippen molar-refractivity contribution in [2.24, 2.45) is 0 Å². The lowest BCUT2D eigenvalue weighted by molar-refractivity contribution is 0.441. The summed E-state index contributed by atoms with van der Waals surface area (Å²) in [6, 6.07) is 1.25. The Morgan fingerprint density at radius 2 is 2.43 bits per heavy atom. The first-order valence-corrected chi connectivity index (χ1v) is 5.47. The second-order valence-electron chi connectivity index (χ2n) is 3.99. The number of nitrogens with zero attached hydrogens (tertiary/aromatic N) is 3. The third-order valence-electron chi connectivity index (χ3n) is 2.90. The Balaban J connectivity index is 1.83. The van der Waals surface area contributed by atoms with E-state index < -0.39 is 0 Å². The summed E-state index contributed by atoms with van der Waals surface area (Å²) in [5.41, 5.74) is 0. The molecule has 1 N–H and O–H groups in total. The second kappa shape index (κ2) is 4.55. The minimum Gasteiger partial charge on any atom is -0.314 e. The van der Waals surface area contributed by atoms with Crippen molar-refractivity contribution in [3.05, 3.63) is 12.7 Å². The van der Waals surface area contributed by atoms with Crippen molar-refractivity contribution >= 4 is 0 Å². The Kier molecular flexibility index (Phi) is 3.14. The van der Waals surface area contributed by atoms with Crippen LogP contribution in [0.5, 0.6) is 0 Å². The summed E-state index contributed by atoms with van der Waals surface area (Å²) < 4.78 is 1.99. The highest BCUT2D eigenvalue weighted by Gasteiger charge is 2.25. The molecule has 0 saturated heterocycles. The molecule has 0 spiro atoms. The Labute approximate surface area is 84.7 Å². The molecule has 0 radical (unpaired) electrons. The summed E-state index contributed by atoms with van der Waals surface area (Å²) in [5.74, 6) is 0. The van der Waals surface area contributed by atoms with E-state index in [1.54, 1.807) is 6.33 Å². The summed E-state index contributed by atoms with van der Waals surface area (Å²) in [4.78, 5) is 3.99. The van der Waals surface area contributed by atoms with Crippen LogP contribution >= 0.6 is 0 Å².